The molecule has 0 atom stereocenters. The Bertz CT molecular complexity index is 516. The van der Waals surface area contributed by atoms with Crippen LogP contribution in [-0.2, 0) is 0 Å². The van der Waals surface area contributed by atoms with Gasteiger partial charge in [-0.3, -0.25) is 0 Å². The molecule has 0 bridgehead atoms. The Kier molecular flexibility index (Phi) is 3.09. The molecule has 5 nitrogen and oxygen atoms in total. The number of carbonyl (C=O) groups excluding carboxylic acids is 1. The van der Waals surface area contributed by atoms with E-state index in [1.807, 2.05) is 0 Å². The second kappa shape index (κ2) is 4.69. The first-order chi connectivity index (χ1) is 8.20. The van der Waals surface area contributed by atoms with Crippen LogP contribution in [0.25, 0.3) is 0 Å². The Hall–Kier alpha value is -2.30. The SMILES string of the molecule is COc1ccc(OC(=O)c2ncoc2C)cc1. The summed E-state index contributed by atoms with van der Waals surface area (Å²) in [5.74, 6) is 1.02. The van der Waals surface area contributed by atoms with Crippen molar-refractivity contribution in [2.75, 3.05) is 7.11 Å². The van der Waals surface area contributed by atoms with E-state index in [9.17, 15) is 4.79 Å². The number of ether oxygens (including phenoxy) is 2. The molecule has 2 aromatic rings. The largest absolute Gasteiger partial charge is 0.497 e. The molecule has 0 saturated carbocycles. The van der Waals surface area contributed by atoms with Gasteiger partial charge in [0.25, 0.3) is 0 Å². The maximum Gasteiger partial charge on any atom is 0.365 e. The summed E-state index contributed by atoms with van der Waals surface area (Å²) < 4.78 is 15.0. The zero-order valence-electron chi connectivity index (χ0n) is 9.47. The van der Waals surface area contributed by atoms with E-state index in [1.165, 1.54) is 6.39 Å². The first kappa shape index (κ1) is 11.2. The van der Waals surface area contributed by atoms with Gasteiger partial charge in [0.05, 0.1) is 7.11 Å². The quantitative estimate of drug-likeness (QED) is 0.600. The van der Waals surface area contributed by atoms with Crippen LogP contribution in [0.3, 0.4) is 0 Å². The molecule has 2 rings (SSSR count). The first-order valence-corrected chi connectivity index (χ1v) is 4.97. The molecule has 0 aliphatic rings. The lowest BCUT2D eigenvalue weighted by atomic mass is 10.3. The molecule has 0 amide bonds. The van der Waals surface area contributed by atoms with Crippen molar-refractivity contribution in [3.63, 3.8) is 0 Å². The minimum absolute atomic E-state index is 0.181. The molecule has 0 aliphatic carbocycles. The fourth-order valence-electron chi connectivity index (χ4n) is 1.30. The second-order valence-corrected chi connectivity index (χ2v) is 3.32. The van der Waals surface area contributed by atoms with Crippen LogP contribution >= 0.6 is 0 Å². The summed E-state index contributed by atoms with van der Waals surface area (Å²) in [7, 11) is 1.57. The number of nitrogens with zero attached hydrogens (tertiary/aromatic N) is 1. The third kappa shape index (κ3) is 2.44. The van der Waals surface area contributed by atoms with Crippen molar-refractivity contribution in [1.82, 2.24) is 4.98 Å². The Labute approximate surface area is 98.0 Å². The summed E-state index contributed by atoms with van der Waals surface area (Å²) in [5.41, 5.74) is 0.181. The van der Waals surface area contributed by atoms with Gasteiger partial charge in [0.15, 0.2) is 12.1 Å². The van der Waals surface area contributed by atoms with Crippen molar-refractivity contribution in [3.05, 3.63) is 42.1 Å². The van der Waals surface area contributed by atoms with Crippen LogP contribution in [0, 0.1) is 6.92 Å². The Morgan fingerprint density at radius 2 is 1.88 bits per heavy atom. The maximum absolute atomic E-state index is 11.7. The van der Waals surface area contributed by atoms with Crippen molar-refractivity contribution in [1.29, 1.82) is 0 Å². The van der Waals surface area contributed by atoms with Gasteiger partial charge in [0, 0.05) is 0 Å². The van der Waals surface area contributed by atoms with Gasteiger partial charge in [-0.1, -0.05) is 0 Å². The molecule has 0 radical (unpaired) electrons. The van der Waals surface area contributed by atoms with Crippen LogP contribution in [0.4, 0.5) is 0 Å². The smallest absolute Gasteiger partial charge is 0.365 e. The molecule has 1 aromatic carbocycles. The monoisotopic (exact) mass is 233 g/mol. The van der Waals surface area contributed by atoms with E-state index < -0.39 is 5.97 Å². The summed E-state index contributed by atoms with van der Waals surface area (Å²) in [5, 5.41) is 0. The zero-order valence-corrected chi connectivity index (χ0v) is 9.47. The van der Waals surface area contributed by atoms with Gasteiger partial charge in [0.1, 0.15) is 17.3 Å². The van der Waals surface area contributed by atoms with Gasteiger partial charge < -0.3 is 13.9 Å². The lowest BCUT2D eigenvalue weighted by Gasteiger charge is -2.03. The van der Waals surface area contributed by atoms with Gasteiger partial charge in [-0.2, -0.15) is 0 Å². The Morgan fingerprint density at radius 3 is 2.41 bits per heavy atom. The fourth-order valence-corrected chi connectivity index (χ4v) is 1.30. The van der Waals surface area contributed by atoms with E-state index in [0.29, 0.717) is 17.3 Å². The van der Waals surface area contributed by atoms with Crippen LogP contribution in [-0.4, -0.2) is 18.1 Å². The number of carbonyl (C=O) groups is 1. The van der Waals surface area contributed by atoms with Gasteiger partial charge in [0.2, 0.25) is 0 Å². The summed E-state index contributed by atoms with van der Waals surface area (Å²) in [4.78, 5) is 15.5. The molecular formula is C12H11NO4. The van der Waals surface area contributed by atoms with Gasteiger partial charge in [-0.15, -0.1) is 0 Å². The lowest BCUT2D eigenvalue weighted by Crippen LogP contribution is -2.10. The zero-order chi connectivity index (χ0) is 12.3. The van der Waals surface area contributed by atoms with Crippen molar-refractivity contribution in [2.24, 2.45) is 0 Å². The number of aryl methyl sites for hydroxylation is 1. The van der Waals surface area contributed by atoms with Crippen molar-refractivity contribution < 1.29 is 18.7 Å². The van der Waals surface area contributed by atoms with Gasteiger partial charge in [-0.05, 0) is 31.2 Å². The average molecular weight is 233 g/mol. The van der Waals surface area contributed by atoms with Crippen molar-refractivity contribution in [3.8, 4) is 11.5 Å². The summed E-state index contributed by atoms with van der Waals surface area (Å²) >= 11 is 0. The number of hydrogen-bond acceptors (Lipinski definition) is 5. The van der Waals surface area contributed by atoms with E-state index >= 15 is 0 Å². The highest BCUT2D eigenvalue weighted by Gasteiger charge is 2.15. The number of benzene rings is 1. The molecule has 5 heteroatoms. The van der Waals surface area contributed by atoms with Crippen LogP contribution in [0.15, 0.2) is 35.1 Å². The molecule has 88 valence electrons. The third-order valence-electron chi connectivity index (χ3n) is 2.21. The Balaban J connectivity index is 2.10. The number of oxazole rings is 1. The van der Waals surface area contributed by atoms with E-state index in [1.54, 1.807) is 38.3 Å². The normalized spacial score (nSPS) is 10.0. The minimum Gasteiger partial charge on any atom is -0.497 e. The summed E-state index contributed by atoms with van der Waals surface area (Å²) in [6.07, 6.45) is 1.21. The van der Waals surface area contributed by atoms with Crippen molar-refractivity contribution in [2.45, 2.75) is 6.92 Å². The highest BCUT2D eigenvalue weighted by molar-refractivity contribution is 5.89. The molecular weight excluding hydrogens is 222 g/mol. The molecule has 0 aliphatic heterocycles. The van der Waals surface area contributed by atoms with E-state index in [-0.39, 0.29) is 5.69 Å². The van der Waals surface area contributed by atoms with Crippen LogP contribution in [0.5, 0.6) is 11.5 Å². The average Bonchev–Trinajstić information content (AvgIpc) is 2.76. The molecule has 0 N–H and O–H groups in total. The maximum atomic E-state index is 11.7. The highest BCUT2D eigenvalue weighted by Crippen LogP contribution is 2.18. The van der Waals surface area contributed by atoms with E-state index in [4.69, 9.17) is 13.9 Å². The molecule has 0 saturated heterocycles. The lowest BCUT2D eigenvalue weighted by molar-refractivity contribution is 0.0727. The van der Waals surface area contributed by atoms with Crippen LogP contribution in [0.2, 0.25) is 0 Å². The highest BCUT2D eigenvalue weighted by atomic mass is 16.5. The molecule has 0 spiro atoms. The topological polar surface area (TPSA) is 61.6 Å². The number of aromatic nitrogens is 1. The van der Waals surface area contributed by atoms with E-state index in [2.05, 4.69) is 4.98 Å². The van der Waals surface area contributed by atoms with Crippen LogP contribution in [0.1, 0.15) is 16.2 Å². The predicted octanol–water partition coefficient (Wildman–Crippen LogP) is 2.21. The molecule has 17 heavy (non-hydrogen) atoms. The standard InChI is InChI=1S/C12H11NO4/c1-8-11(13-7-16-8)12(14)17-10-5-3-9(15-2)4-6-10/h3-7H,1-2H3. The minimum atomic E-state index is -0.540. The third-order valence-corrected chi connectivity index (χ3v) is 2.21. The number of methoxy groups -OCH3 is 1. The van der Waals surface area contributed by atoms with Crippen molar-refractivity contribution >= 4 is 5.97 Å². The summed E-state index contributed by atoms with van der Waals surface area (Å²) in [6.45, 7) is 1.65. The molecule has 0 fully saturated rings. The first-order valence-electron chi connectivity index (χ1n) is 4.97. The molecule has 1 heterocycles. The Morgan fingerprint density at radius 1 is 1.24 bits per heavy atom. The van der Waals surface area contributed by atoms with Gasteiger partial charge >= 0.3 is 5.97 Å². The number of rotatable bonds is 3. The second-order valence-electron chi connectivity index (χ2n) is 3.32. The number of hydrogen-bond donors (Lipinski definition) is 0. The molecule has 0 unspecified atom stereocenters. The van der Waals surface area contributed by atoms with Gasteiger partial charge in [-0.25, -0.2) is 9.78 Å². The summed E-state index contributed by atoms with van der Waals surface area (Å²) in [6, 6.07) is 6.70. The predicted molar refractivity (Wildman–Crippen MR) is 59.2 cm³/mol. The van der Waals surface area contributed by atoms with E-state index in [0.717, 1.165) is 0 Å². The van der Waals surface area contributed by atoms with Crippen LogP contribution < -0.4 is 9.47 Å². The fraction of sp³-hybridized carbons (Fsp3) is 0.167. The number of esters is 1. The molecule has 1 aromatic heterocycles.